The minimum Gasteiger partial charge on any atom is -0.192 e. The van der Waals surface area contributed by atoms with Crippen molar-refractivity contribution in [2.24, 2.45) is 0 Å². The van der Waals surface area contributed by atoms with Crippen molar-refractivity contribution in [1.82, 2.24) is 0 Å². The summed E-state index contributed by atoms with van der Waals surface area (Å²) in [7, 11) is 0. The summed E-state index contributed by atoms with van der Waals surface area (Å²) in [5.41, 5.74) is 4.05. The van der Waals surface area contributed by atoms with Gasteiger partial charge in [0.1, 0.15) is 0 Å². The number of nitrogens with zero attached hydrogens (tertiary/aromatic N) is 1. The molecule has 1 heteroatoms. The second-order valence-corrected chi connectivity index (χ2v) is 3.52. The molecule has 0 bridgehead atoms. The number of nitriles is 1. The Bertz CT molecular complexity index is 504. The normalized spacial score (nSPS) is 9.00. The fraction of sp³-hybridized carbons (Fsp3) is 0.133. The van der Waals surface area contributed by atoms with Gasteiger partial charge in [0.2, 0.25) is 0 Å². The van der Waals surface area contributed by atoms with E-state index < -0.39 is 0 Å². The molecule has 2 aromatic carbocycles. The van der Waals surface area contributed by atoms with Crippen molar-refractivity contribution in [1.29, 1.82) is 5.26 Å². The summed E-state index contributed by atoms with van der Waals surface area (Å²) in [6, 6.07) is 18.1. The molecule has 2 aromatic rings. The zero-order chi connectivity index (χ0) is 10.7. The van der Waals surface area contributed by atoms with Gasteiger partial charge in [-0.15, -0.1) is 0 Å². The van der Waals surface area contributed by atoms with E-state index in [0.29, 0.717) is 0 Å². The zero-order valence-corrected chi connectivity index (χ0v) is 8.57. The summed E-state index contributed by atoms with van der Waals surface area (Å²) in [6.45, 7) is 2.06. The summed E-state index contributed by atoms with van der Waals surface area (Å²) in [5.74, 6) is 0. The average Bonchev–Trinajstić information content (AvgIpc) is 2.30. The molecule has 80 valence electrons. The molecule has 0 aliphatic heterocycles. The fourth-order valence-corrected chi connectivity index (χ4v) is 1.57. The van der Waals surface area contributed by atoms with Crippen molar-refractivity contribution in [2.45, 2.75) is 14.4 Å². The summed E-state index contributed by atoms with van der Waals surface area (Å²) < 4.78 is 0. The van der Waals surface area contributed by atoms with Gasteiger partial charge in [0, 0.05) is 0 Å². The van der Waals surface area contributed by atoms with Crippen molar-refractivity contribution in [3.05, 3.63) is 59.7 Å². The van der Waals surface area contributed by atoms with Gasteiger partial charge in [-0.05, 0) is 24.1 Å². The van der Waals surface area contributed by atoms with Crippen molar-refractivity contribution >= 4 is 0 Å². The molecular formula is C15H15N. The number of benzene rings is 2. The third kappa shape index (κ3) is 2.29. The van der Waals surface area contributed by atoms with Crippen LogP contribution < -0.4 is 0 Å². The molecule has 0 aliphatic rings. The van der Waals surface area contributed by atoms with Crippen LogP contribution in [0.2, 0.25) is 0 Å². The molecule has 16 heavy (non-hydrogen) atoms. The molecule has 0 N–H and O–H groups in total. The first kappa shape index (κ1) is 12.0. The van der Waals surface area contributed by atoms with Crippen LogP contribution in [-0.2, 0) is 0 Å². The second kappa shape index (κ2) is 5.14. The molecule has 0 atom stereocenters. The molecule has 2 rings (SSSR count). The molecular weight excluding hydrogens is 194 g/mol. The maximum absolute atomic E-state index is 8.98. The largest absolute Gasteiger partial charge is 0.192 e. The highest BCUT2D eigenvalue weighted by Gasteiger charge is 2.02. The minimum absolute atomic E-state index is 0. The molecule has 0 radical (unpaired) electrons. The Morgan fingerprint density at radius 3 is 2.19 bits per heavy atom. The van der Waals surface area contributed by atoms with Gasteiger partial charge in [0.05, 0.1) is 11.6 Å². The molecule has 0 amide bonds. The molecule has 0 heterocycles. The van der Waals surface area contributed by atoms with E-state index in [1.165, 1.54) is 5.56 Å². The van der Waals surface area contributed by atoms with Crippen LogP contribution in [0.25, 0.3) is 11.1 Å². The Kier molecular flexibility index (Phi) is 3.85. The zero-order valence-electron chi connectivity index (χ0n) is 8.57. The van der Waals surface area contributed by atoms with E-state index in [-0.39, 0.29) is 7.43 Å². The highest BCUT2D eigenvalue weighted by atomic mass is 14.2. The Morgan fingerprint density at radius 2 is 1.56 bits per heavy atom. The van der Waals surface area contributed by atoms with E-state index >= 15 is 0 Å². The van der Waals surface area contributed by atoms with E-state index in [9.17, 15) is 0 Å². The summed E-state index contributed by atoms with van der Waals surface area (Å²) in [5, 5.41) is 8.98. The van der Waals surface area contributed by atoms with Crippen LogP contribution in [0.5, 0.6) is 0 Å². The van der Waals surface area contributed by atoms with Crippen molar-refractivity contribution in [3.8, 4) is 17.2 Å². The molecule has 0 spiro atoms. The highest BCUT2D eigenvalue weighted by Crippen LogP contribution is 2.23. The first-order chi connectivity index (χ1) is 7.31. The molecule has 0 aromatic heterocycles. The maximum Gasteiger partial charge on any atom is 0.0998 e. The van der Waals surface area contributed by atoms with E-state index in [4.69, 9.17) is 5.26 Å². The second-order valence-electron chi connectivity index (χ2n) is 3.52. The van der Waals surface area contributed by atoms with Crippen LogP contribution in [0.3, 0.4) is 0 Å². The third-order valence-electron chi connectivity index (χ3n) is 2.41. The molecule has 0 saturated heterocycles. The Balaban J connectivity index is 0.00000128. The van der Waals surface area contributed by atoms with E-state index in [1.54, 1.807) is 0 Å². The van der Waals surface area contributed by atoms with Crippen LogP contribution in [-0.4, -0.2) is 0 Å². The summed E-state index contributed by atoms with van der Waals surface area (Å²) in [6.07, 6.45) is 0. The number of aryl methyl sites for hydroxylation is 1. The first-order valence-electron chi connectivity index (χ1n) is 4.87. The van der Waals surface area contributed by atoms with Crippen LogP contribution >= 0.6 is 0 Å². The van der Waals surface area contributed by atoms with Crippen LogP contribution in [0.4, 0.5) is 0 Å². The van der Waals surface area contributed by atoms with Gasteiger partial charge in [0.15, 0.2) is 0 Å². The lowest BCUT2D eigenvalue weighted by Gasteiger charge is -2.03. The van der Waals surface area contributed by atoms with Gasteiger partial charge in [-0.1, -0.05) is 55.5 Å². The number of rotatable bonds is 1. The SMILES string of the molecule is C.Cc1ccc(-c2ccccc2C#N)cc1. The lowest BCUT2D eigenvalue weighted by atomic mass is 10.00. The fourth-order valence-electron chi connectivity index (χ4n) is 1.57. The lowest BCUT2D eigenvalue weighted by molar-refractivity contribution is 1.45. The average molecular weight is 209 g/mol. The predicted molar refractivity (Wildman–Crippen MR) is 68.1 cm³/mol. The lowest BCUT2D eigenvalue weighted by Crippen LogP contribution is -1.83. The number of hydrogen-bond donors (Lipinski definition) is 0. The molecule has 0 aliphatic carbocycles. The topological polar surface area (TPSA) is 23.8 Å². The van der Waals surface area contributed by atoms with Crippen molar-refractivity contribution < 1.29 is 0 Å². The van der Waals surface area contributed by atoms with Crippen LogP contribution in [0.1, 0.15) is 18.6 Å². The van der Waals surface area contributed by atoms with Crippen LogP contribution in [0.15, 0.2) is 48.5 Å². The molecule has 0 fully saturated rings. The monoisotopic (exact) mass is 209 g/mol. The van der Waals surface area contributed by atoms with E-state index in [2.05, 4.69) is 25.1 Å². The third-order valence-corrected chi connectivity index (χ3v) is 2.41. The highest BCUT2D eigenvalue weighted by molar-refractivity contribution is 5.70. The van der Waals surface area contributed by atoms with Crippen molar-refractivity contribution in [2.75, 3.05) is 0 Å². The Hall–Kier alpha value is -2.07. The smallest absolute Gasteiger partial charge is 0.0998 e. The summed E-state index contributed by atoms with van der Waals surface area (Å²) in [4.78, 5) is 0. The van der Waals surface area contributed by atoms with Gasteiger partial charge >= 0.3 is 0 Å². The van der Waals surface area contributed by atoms with Crippen LogP contribution in [0, 0.1) is 18.3 Å². The van der Waals surface area contributed by atoms with Gasteiger partial charge in [-0.3, -0.25) is 0 Å². The minimum atomic E-state index is 0. The van der Waals surface area contributed by atoms with Crippen molar-refractivity contribution in [3.63, 3.8) is 0 Å². The Labute approximate surface area is 97.0 Å². The van der Waals surface area contributed by atoms with Gasteiger partial charge in [-0.25, -0.2) is 0 Å². The maximum atomic E-state index is 8.98. The van der Waals surface area contributed by atoms with Gasteiger partial charge in [-0.2, -0.15) is 5.26 Å². The molecule has 0 saturated carbocycles. The standard InChI is InChI=1S/C14H11N.CH4/c1-11-6-8-12(9-7-11)14-5-3-2-4-13(14)10-15;/h2-9H,1H3;1H4. The quantitative estimate of drug-likeness (QED) is 0.691. The first-order valence-corrected chi connectivity index (χ1v) is 4.87. The van der Waals surface area contributed by atoms with Gasteiger partial charge < -0.3 is 0 Å². The molecule has 1 nitrogen and oxygen atoms in total. The van der Waals surface area contributed by atoms with E-state index in [0.717, 1.165) is 16.7 Å². The Morgan fingerprint density at radius 1 is 0.938 bits per heavy atom. The van der Waals surface area contributed by atoms with Gasteiger partial charge in [0.25, 0.3) is 0 Å². The predicted octanol–water partition coefficient (Wildman–Crippen LogP) is 4.17. The molecule has 0 unspecified atom stereocenters. The van der Waals surface area contributed by atoms with E-state index in [1.807, 2.05) is 36.4 Å². The summed E-state index contributed by atoms with van der Waals surface area (Å²) >= 11 is 0. The number of hydrogen-bond acceptors (Lipinski definition) is 1.